The first-order valence-corrected chi connectivity index (χ1v) is 3.49. The van der Waals surface area contributed by atoms with Crippen LogP contribution in [0.5, 0.6) is 0 Å². The maximum Gasteiger partial charge on any atom is 0.240 e. The molecule has 0 aromatic heterocycles. The molecule has 1 atom stereocenters. The molecular weight excluding hydrogens is 142 g/mol. The van der Waals surface area contributed by atoms with Crippen LogP contribution < -0.4 is 16.6 Å². The Morgan fingerprint density at radius 2 is 2.55 bits per heavy atom. The zero-order valence-corrected chi connectivity index (χ0v) is 5.92. The fourth-order valence-corrected chi connectivity index (χ4v) is 1.40. The molecule has 0 aromatic rings. The summed E-state index contributed by atoms with van der Waals surface area (Å²) in [5, 5.41) is 0. The predicted molar refractivity (Wildman–Crippen MR) is 40.0 cm³/mol. The topological polar surface area (TPSA) is 67.2 Å². The van der Waals surface area contributed by atoms with Gasteiger partial charge in [-0.25, -0.2) is 5.43 Å². The van der Waals surface area contributed by atoms with Crippen molar-refractivity contribution in [3.63, 3.8) is 0 Å². The van der Waals surface area contributed by atoms with Gasteiger partial charge >= 0.3 is 0 Å². The summed E-state index contributed by atoms with van der Waals surface area (Å²) in [6, 6.07) is -0.319. The van der Waals surface area contributed by atoms with E-state index in [-0.39, 0.29) is 11.9 Å². The van der Waals surface area contributed by atoms with Gasteiger partial charge in [0.1, 0.15) is 6.04 Å². The highest BCUT2D eigenvalue weighted by atomic mass is 16.1. The minimum Gasteiger partial charge on any atom is -0.368 e. The second-order valence-electron chi connectivity index (χ2n) is 2.65. The number of nitrogens with two attached hydrogens (primary N) is 1. The van der Waals surface area contributed by atoms with E-state index in [0.29, 0.717) is 0 Å². The van der Waals surface area contributed by atoms with Gasteiger partial charge in [-0.2, -0.15) is 0 Å². The van der Waals surface area contributed by atoms with Gasteiger partial charge in [-0.05, 0) is 18.1 Å². The fraction of sp³-hybridized carbons (Fsp3) is 0.286. The van der Waals surface area contributed by atoms with Gasteiger partial charge < -0.3 is 11.2 Å². The number of hydrazine groups is 1. The smallest absolute Gasteiger partial charge is 0.240 e. The summed E-state index contributed by atoms with van der Waals surface area (Å²) in [5.41, 5.74) is 12.9. The Hall–Kier alpha value is -1.29. The van der Waals surface area contributed by atoms with Gasteiger partial charge in [0.2, 0.25) is 5.91 Å². The summed E-state index contributed by atoms with van der Waals surface area (Å²) in [6.07, 6.45) is 4.78. The van der Waals surface area contributed by atoms with Crippen molar-refractivity contribution in [1.82, 2.24) is 10.9 Å². The molecule has 4 nitrogen and oxygen atoms in total. The molecule has 0 saturated carbocycles. The fourth-order valence-electron chi connectivity index (χ4n) is 1.40. The van der Waals surface area contributed by atoms with Crippen LogP contribution in [0, 0.1) is 0 Å². The summed E-state index contributed by atoms with van der Waals surface area (Å²) < 4.78 is 0. The molecule has 0 aromatic carbocycles. The third kappa shape index (κ3) is 0.832. The highest BCUT2D eigenvalue weighted by molar-refractivity contribution is 5.84. The van der Waals surface area contributed by atoms with Crippen LogP contribution in [0.15, 0.2) is 23.4 Å². The number of amides is 1. The summed E-state index contributed by atoms with van der Waals surface area (Å²) >= 11 is 0. The van der Waals surface area contributed by atoms with Gasteiger partial charge in [-0.3, -0.25) is 4.79 Å². The first-order chi connectivity index (χ1) is 5.29. The van der Waals surface area contributed by atoms with Crippen molar-refractivity contribution in [2.24, 2.45) is 5.73 Å². The van der Waals surface area contributed by atoms with Crippen molar-refractivity contribution in [3.8, 4) is 0 Å². The number of primary amides is 1. The number of hydrogen-bond acceptors (Lipinski definition) is 3. The predicted octanol–water partition coefficient (Wildman–Crippen LogP) is -0.838. The molecule has 0 bridgehead atoms. The lowest BCUT2D eigenvalue weighted by molar-refractivity contribution is -0.119. The SMILES string of the molecule is NC(=O)C1NNC2=C1CC=C2. The van der Waals surface area contributed by atoms with Crippen molar-refractivity contribution >= 4 is 5.91 Å². The Bertz CT molecular complexity index is 267. The second kappa shape index (κ2) is 2.10. The van der Waals surface area contributed by atoms with Crippen LogP contribution in [-0.4, -0.2) is 11.9 Å². The van der Waals surface area contributed by atoms with Crippen LogP contribution >= 0.6 is 0 Å². The molecule has 2 aliphatic rings. The number of hydrogen-bond donors (Lipinski definition) is 3. The third-order valence-corrected chi connectivity index (χ3v) is 1.95. The largest absolute Gasteiger partial charge is 0.368 e. The van der Waals surface area contributed by atoms with Gasteiger partial charge in [-0.15, -0.1) is 0 Å². The van der Waals surface area contributed by atoms with Crippen molar-refractivity contribution in [3.05, 3.63) is 23.4 Å². The van der Waals surface area contributed by atoms with E-state index in [2.05, 4.69) is 10.9 Å². The van der Waals surface area contributed by atoms with E-state index in [0.717, 1.165) is 17.7 Å². The zero-order chi connectivity index (χ0) is 7.84. The summed E-state index contributed by atoms with van der Waals surface area (Å²) in [6.45, 7) is 0. The Morgan fingerprint density at radius 3 is 3.27 bits per heavy atom. The molecule has 0 fully saturated rings. The molecule has 4 heteroatoms. The van der Waals surface area contributed by atoms with Crippen molar-refractivity contribution in [2.45, 2.75) is 12.5 Å². The van der Waals surface area contributed by atoms with E-state index >= 15 is 0 Å². The standard InChI is InChI=1S/C7H9N3O/c8-7(11)6-4-2-1-3-5(4)9-10-6/h1,3,6,9-10H,2H2,(H2,8,11). The molecule has 1 unspecified atom stereocenters. The average molecular weight is 151 g/mol. The monoisotopic (exact) mass is 151 g/mol. The van der Waals surface area contributed by atoms with Crippen LogP contribution in [0.25, 0.3) is 0 Å². The molecule has 1 aliphatic heterocycles. The van der Waals surface area contributed by atoms with E-state index in [1.165, 1.54) is 0 Å². The Morgan fingerprint density at radius 1 is 1.73 bits per heavy atom. The summed E-state index contributed by atoms with van der Waals surface area (Å²) in [7, 11) is 0. The van der Waals surface area contributed by atoms with E-state index in [1.807, 2.05) is 12.2 Å². The van der Waals surface area contributed by atoms with Crippen LogP contribution in [0.3, 0.4) is 0 Å². The number of allylic oxidation sites excluding steroid dienone is 2. The Labute approximate surface area is 64.1 Å². The maximum atomic E-state index is 10.8. The molecule has 58 valence electrons. The number of nitrogens with one attached hydrogen (secondary N) is 2. The quantitative estimate of drug-likeness (QED) is 0.458. The van der Waals surface area contributed by atoms with Crippen LogP contribution in [0.4, 0.5) is 0 Å². The minimum atomic E-state index is -0.328. The molecule has 11 heavy (non-hydrogen) atoms. The molecule has 1 amide bonds. The highest BCUT2D eigenvalue weighted by Gasteiger charge is 2.29. The summed E-state index contributed by atoms with van der Waals surface area (Å²) in [4.78, 5) is 10.8. The van der Waals surface area contributed by atoms with Gasteiger partial charge in [-0.1, -0.05) is 6.08 Å². The van der Waals surface area contributed by atoms with Crippen molar-refractivity contribution < 1.29 is 4.79 Å². The highest BCUT2D eigenvalue weighted by Crippen LogP contribution is 2.23. The van der Waals surface area contributed by atoms with Crippen LogP contribution in [-0.2, 0) is 4.79 Å². The lowest BCUT2D eigenvalue weighted by Crippen LogP contribution is -2.42. The molecule has 0 spiro atoms. The van der Waals surface area contributed by atoms with Crippen molar-refractivity contribution in [1.29, 1.82) is 0 Å². The second-order valence-corrected chi connectivity index (χ2v) is 2.65. The first kappa shape index (κ1) is 6.42. The molecule has 1 heterocycles. The lowest BCUT2D eigenvalue weighted by atomic mass is 10.1. The number of carbonyl (C=O) groups is 1. The Kier molecular flexibility index (Phi) is 1.22. The Balaban J connectivity index is 2.25. The van der Waals surface area contributed by atoms with Crippen LogP contribution in [0.2, 0.25) is 0 Å². The van der Waals surface area contributed by atoms with E-state index in [9.17, 15) is 4.79 Å². The van der Waals surface area contributed by atoms with Gasteiger partial charge in [0.25, 0.3) is 0 Å². The first-order valence-electron chi connectivity index (χ1n) is 3.49. The molecule has 4 N–H and O–H groups in total. The number of rotatable bonds is 1. The molecule has 2 rings (SSSR count). The summed E-state index contributed by atoms with van der Waals surface area (Å²) in [5.74, 6) is -0.328. The molecule has 0 radical (unpaired) electrons. The van der Waals surface area contributed by atoms with E-state index in [4.69, 9.17) is 5.73 Å². The minimum absolute atomic E-state index is 0.319. The lowest BCUT2D eigenvalue weighted by Gasteiger charge is -2.07. The third-order valence-electron chi connectivity index (χ3n) is 1.95. The molecule has 0 saturated heterocycles. The van der Waals surface area contributed by atoms with Gasteiger partial charge in [0.15, 0.2) is 0 Å². The maximum absolute atomic E-state index is 10.8. The van der Waals surface area contributed by atoms with Gasteiger partial charge in [0, 0.05) is 0 Å². The molecular formula is C7H9N3O. The van der Waals surface area contributed by atoms with E-state index < -0.39 is 0 Å². The zero-order valence-electron chi connectivity index (χ0n) is 5.92. The normalized spacial score (nSPS) is 27.1. The van der Waals surface area contributed by atoms with Gasteiger partial charge in [0.05, 0.1) is 5.70 Å². The van der Waals surface area contributed by atoms with E-state index in [1.54, 1.807) is 0 Å². The van der Waals surface area contributed by atoms with Crippen LogP contribution in [0.1, 0.15) is 6.42 Å². The number of carbonyl (C=O) groups excluding carboxylic acids is 1. The van der Waals surface area contributed by atoms with Crippen molar-refractivity contribution in [2.75, 3.05) is 0 Å². The molecule has 1 aliphatic carbocycles. The average Bonchev–Trinajstić information content (AvgIpc) is 2.41.